The number of hydrogen-bond acceptors (Lipinski definition) is 9. The molecular formula is C30H27NO9. The summed E-state index contributed by atoms with van der Waals surface area (Å²) in [7, 11) is 1.49. The SMILES string of the molecule is COc1cc([C@H](CC(=O)N2CCOCC2)c2c(O)cc(O)c3c(=O)cc(-c4ccccc4)oc23)cc2c1OCO2. The fraction of sp³-hybridized carbons (Fsp3) is 0.267. The number of hydrogen-bond donors (Lipinski definition) is 2. The fourth-order valence-electron chi connectivity index (χ4n) is 5.26. The lowest BCUT2D eigenvalue weighted by Crippen LogP contribution is -2.41. The number of ether oxygens (including phenoxy) is 4. The summed E-state index contributed by atoms with van der Waals surface area (Å²) in [4.78, 5) is 28.6. The molecule has 10 nitrogen and oxygen atoms in total. The molecule has 2 aliphatic heterocycles. The van der Waals surface area contributed by atoms with E-state index in [-0.39, 0.29) is 47.2 Å². The van der Waals surface area contributed by atoms with Gasteiger partial charge in [0.1, 0.15) is 28.2 Å². The number of nitrogens with zero attached hydrogens (tertiary/aromatic N) is 1. The molecule has 6 rings (SSSR count). The fourth-order valence-corrected chi connectivity index (χ4v) is 5.26. The molecule has 1 atom stereocenters. The van der Waals surface area contributed by atoms with Crippen LogP contribution in [0.2, 0.25) is 0 Å². The number of rotatable bonds is 6. The Morgan fingerprint density at radius 2 is 1.80 bits per heavy atom. The lowest BCUT2D eigenvalue weighted by Gasteiger charge is -2.29. The second-order valence-corrected chi connectivity index (χ2v) is 9.58. The lowest BCUT2D eigenvalue weighted by atomic mass is 9.85. The number of morpholine rings is 1. The Hall–Kier alpha value is -4.70. The van der Waals surface area contributed by atoms with Crippen molar-refractivity contribution in [1.29, 1.82) is 0 Å². The van der Waals surface area contributed by atoms with E-state index in [1.165, 1.54) is 13.2 Å². The van der Waals surface area contributed by atoms with E-state index in [4.69, 9.17) is 23.4 Å². The van der Waals surface area contributed by atoms with Crippen molar-refractivity contribution in [2.24, 2.45) is 0 Å². The number of methoxy groups -OCH3 is 1. The molecule has 1 saturated heterocycles. The maximum absolute atomic E-state index is 13.6. The van der Waals surface area contributed by atoms with Crippen LogP contribution in [0.1, 0.15) is 23.5 Å². The molecule has 0 unspecified atom stereocenters. The third-order valence-corrected chi connectivity index (χ3v) is 7.23. The van der Waals surface area contributed by atoms with Gasteiger partial charge in [0.2, 0.25) is 18.4 Å². The van der Waals surface area contributed by atoms with Gasteiger partial charge in [-0.1, -0.05) is 30.3 Å². The van der Waals surface area contributed by atoms with Crippen LogP contribution >= 0.6 is 0 Å². The average molecular weight is 546 g/mol. The summed E-state index contributed by atoms with van der Waals surface area (Å²) in [5, 5.41) is 21.9. The molecule has 3 aromatic carbocycles. The zero-order valence-corrected chi connectivity index (χ0v) is 21.7. The predicted octanol–water partition coefficient (Wildman–Crippen LogP) is 3.99. The summed E-state index contributed by atoms with van der Waals surface area (Å²) >= 11 is 0. The van der Waals surface area contributed by atoms with Crippen molar-refractivity contribution in [1.82, 2.24) is 4.90 Å². The quantitative estimate of drug-likeness (QED) is 0.370. The van der Waals surface area contributed by atoms with Gasteiger partial charge in [-0.2, -0.15) is 0 Å². The number of carbonyl (C=O) groups is 1. The Kier molecular flexibility index (Phi) is 6.69. The first-order valence-electron chi connectivity index (χ1n) is 12.9. The second-order valence-electron chi connectivity index (χ2n) is 9.58. The molecular weight excluding hydrogens is 518 g/mol. The highest BCUT2D eigenvalue weighted by molar-refractivity contribution is 5.91. The lowest BCUT2D eigenvalue weighted by molar-refractivity contribution is -0.135. The van der Waals surface area contributed by atoms with E-state index < -0.39 is 17.1 Å². The molecule has 3 heterocycles. The van der Waals surface area contributed by atoms with Gasteiger partial charge in [0.15, 0.2) is 16.9 Å². The molecule has 206 valence electrons. The normalized spacial score (nSPS) is 15.3. The Labute approximate surface area is 228 Å². The first-order valence-corrected chi connectivity index (χ1v) is 12.9. The molecule has 0 saturated carbocycles. The first kappa shape index (κ1) is 25.6. The van der Waals surface area contributed by atoms with Crippen LogP contribution in [0.4, 0.5) is 0 Å². The molecule has 1 fully saturated rings. The minimum atomic E-state index is -0.809. The number of phenolic OH excluding ortho intramolecular Hbond substituents is 2. The number of phenols is 2. The minimum Gasteiger partial charge on any atom is -0.507 e. The number of fused-ring (bicyclic) bond motifs is 2. The zero-order valence-electron chi connectivity index (χ0n) is 21.7. The number of benzene rings is 3. The van der Waals surface area contributed by atoms with Crippen molar-refractivity contribution in [2.75, 3.05) is 40.2 Å². The molecule has 40 heavy (non-hydrogen) atoms. The number of amides is 1. The summed E-state index contributed by atoms with van der Waals surface area (Å²) in [6.45, 7) is 1.74. The van der Waals surface area contributed by atoms with E-state index >= 15 is 0 Å². The van der Waals surface area contributed by atoms with Crippen molar-refractivity contribution in [3.8, 4) is 40.1 Å². The van der Waals surface area contributed by atoms with E-state index in [2.05, 4.69) is 0 Å². The molecule has 4 aromatic rings. The van der Waals surface area contributed by atoms with E-state index in [0.29, 0.717) is 54.7 Å². The molecule has 0 radical (unpaired) electrons. The topological polar surface area (TPSA) is 128 Å². The Morgan fingerprint density at radius 1 is 1.02 bits per heavy atom. The maximum atomic E-state index is 13.6. The van der Waals surface area contributed by atoms with E-state index in [9.17, 15) is 19.8 Å². The van der Waals surface area contributed by atoms with Gasteiger partial charge in [-0.15, -0.1) is 0 Å². The van der Waals surface area contributed by atoms with Crippen molar-refractivity contribution >= 4 is 16.9 Å². The monoisotopic (exact) mass is 545 g/mol. The summed E-state index contributed by atoms with van der Waals surface area (Å²) in [6.07, 6.45) is -0.0739. The number of aromatic hydroxyl groups is 2. The Balaban J connectivity index is 1.58. The van der Waals surface area contributed by atoms with Crippen LogP contribution in [0.25, 0.3) is 22.3 Å². The molecule has 2 N–H and O–H groups in total. The van der Waals surface area contributed by atoms with Crippen LogP contribution < -0.4 is 19.6 Å². The van der Waals surface area contributed by atoms with Gasteiger partial charge in [-0.3, -0.25) is 9.59 Å². The van der Waals surface area contributed by atoms with Crippen LogP contribution in [0, 0.1) is 0 Å². The van der Waals surface area contributed by atoms with Crippen LogP contribution in [-0.4, -0.2) is 61.2 Å². The molecule has 0 bridgehead atoms. The van der Waals surface area contributed by atoms with Gasteiger partial charge in [0.05, 0.1) is 20.3 Å². The Bertz CT molecular complexity index is 1640. The van der Waals surface area contributed by atoms with Gasteiger partial charge in [0.25, 0.3) is 0 Å². The van der Waals surface area contributed by atoms with Gasteiger partial charge in [-0.05, 0) is 17.7 Å². The average Bonchev–Trinajstić information content (AvgIpc) is 3.45. The molecule has 0 spiro atoms. The van der Waals surface area contributed by atoms with Crippen molar-refractivity contribution in [3.63, 3.8) is 0 Å². The van der Waals surface area contributed by atoms with Crippen LogP contribution in [-0.2, 0) is 9.53 Å². The van der Waals surface area contributed by atoms with Crippen LogP contribution in [0.15, 0.2) is 63.8 Å². The molecule has 0 aliphatic carbocycles. The van der Waals surface area contributed by atoms with Crippen LogP contribution in [0.5, 0.6) is 28.7 Å². The third-order valence-electron chi connectivity index (χ3n) is 7.23. The number of carbonyl (C=O) groups excluding carboxylic acids is 1. The summed E-state index contributed by atoms with van der Waals surface area (Å²) < 4.78 is 28.4. The van der Waals surface area contributed by atoms with Crippen LogP contribution in [0.3, 0.4) is 0 Å². The molecule has 1 amide bonds. The Morgan fingerprint density at radius 3 is 2.55 bits per heavy atom. The zero-order chi connectivity index (χ0) is 27.8. The van der Waals surface area contributed by atoms with Crippen molar-refractivity contribution in [2.45, 2.75) is 12.3 Å². The van der Waals surface area contributed by atoms with Crippen molar-refractivity contribution in [3.05, 3.63) is 75.9 Å². The van der Waals surface area contributed by atoms with Gasteiger partial charge in [0, 0.05) is 48.7 Å². The first-order chi connectivity index (χ1) is 19.4. The minimum absolute atomic E-state index is 0.00915. The highest BCUT2D eigenvalue weighted by Gasteiger charge is 2.32. The smallest absolute Gasteiger partial charge is 0.231 e. The van der Waals surface area contributed by atoms with Gasteiger partial charge in [-0.25, -0.2) is 0 Å². The maximum Gasteiger partial charge on any atom is 0.231 e. The van der Waals surface area contributed by atoms with E-state index in [0.717, 1.165) is 6.07 Å². The van der Waals surface area contributed by atoms with Crippen molar-refractivity contribution < 1.29 is 38.4 Å². The second kappa shape index (κ2) is 10.5. The highest BCUT2D eigenvalue weighted by Crippen LogP contribution is 2.48. The van der Waals surface area contributed by atoms with Gasteiger partial charge < -0.3 is 38.5 Å². The summed E-state index contributed by atoms with van der Waals surface area (Å²) in [5.41, 5.74) is 0.893. The molecule has 1 aromatic heterocycles. The third kappa shape index (κ3) is 4.56. The standard InChI is InChI=1S/C30H27NO9/c1-36-24-11-18(12-25-29(24)39-16-38-25)19(13-26(35)31-7-9-37-10-8-31)27-20(32)14-21(33)28-22(34)15-23(40-30(27)28)17-5-3-2-4-6-17/h2-6,11-12,14-15,19,32-33H,7-10,13,16H2,1H3/t19-/m0/s1. The summed E-state index contributed by atoms with van der Waals surface area (Å²) in [6, 6.07) is 14.9. The van der Waals surface area contributed by atoms with E-state index in [1.54, 1.807) is 29.2 Å². The summed E-state index contributed by atoms with van der Waals surface area (Å²) in [5.74, 6) is -0.230. The predicted molar refractivity (Wildman–Crippen MR) is 144 cm³/mol. The molecule has 10 heteroatoms. The largest absolute Gasteiger partial charge is 0.507 e. The van der Waals surface area contributed by atoms with Gasteiger partial charge >= 0.3 is 0 Å². The molecule has 2 aliphatic rings. The van der Waals surface area contributed by atoms with E-state index in [1.807, 2.05) is 18.2 Å². The highest BCUT2D eigenvalue weighted by atomic mass is 16.7.